The number of ether oxygens (including phenoxy) is 3. The standard InChI is InChI=1S/C19H29N3O3.HI/c1-20-18(22-11-10-19(13-22)8-5-9-19)21-12-14-6-7-15(23-2)17(25-4)16(14)24-3;/h6-7H,5,8-13H2,1-4H3,(H,20,21);1H. The average molecular weight is 475 g/mol. The molecule has 3 rings (SSSR count). The molecule has 0 radical (unpaired) electrons. The third kappa shape index (κ3) is 3.97. The summed E-state index contributed by atoms with van der Waals surface area (Å²) in [4.78, 5) is 6.86. The minimum absolute atomic E-state index is 0. The van der Waals surface area contributed by atoms with Gasteiger partial charge >= 0.3 is 0 Å². The van der Waals surface area contributed by atoms with Crippen molar-refractivity contribution < 1.29 is 14.2 Å². The Balaban J connectivity index is 0.00000243. The second kappa shape index (κ2) is 9.01. The zero-order chi connectivity index (χ0) is 17.9. The number of nitrogens with zero attached hydrogens (tertiary/aromatic N) is 2. The second-order valence-electron chi connectivity index (χ2n) is 6.92. The number of hydrogen-bond donors (Lipinski definition) is 1. The van der Waals surface area contributed by atoms with Gasteiger partial charge in [-0.05, 0) is 36.8 Å². The molecule has 1 spiro atoms. The SMILES string of the molecule is CN=C(NCc1ccc(OC)c(OC)c1OC)N1CCC2(CCC2)C1.I. The minimum atomic E-state index is 0. The van der Waals surface area contributed by atoms with Gasteiger partial charge in [0.2, 0.25) is 5.75 Å². The molecule has 146 valence electrons. The lowest BCUT2D eigenvalue weighted by Gasteiger charge is -2.38. The van der Waals surface area contributed by atoms with E-state index in [4.69, 9.17) is 14.2 Å². The maximum atomic E-state index is 5.56. The summed E-state index contributed by atoms with van der Waals surface area (Å²) in [7, 11) is 6.75. The lowest BCUT2D eigenvalue weighted by molar-refractivity contribution is 0.151. The topological polar surface area (TPSA) is 55.3 Å². The molecule has 1 heterocycles. The molecule has 1 aromatic rings. The Morgan fingerprint density at radius 3 is 2.35 bits per heavy atom. The van der Waals surface area contributed by atoms with E-state index in [1.807, 2.05) is 19.2 Å². The fourth-order valence-electron chi connectivity index (χ4n) is 4.01. The van der Waals surface area contributed by atoms with E-state index < -0.39 is 0 Å². The fourth-order valence-corrected chi connectivity index (χ4v) is 4.01. The van der Waals surface area contributed by atoms with Crippen LogP contribution in [-0.2, 0) is 6.54 Å². The van der Waals surface area contributed by atoms with Gasteiger partial charge in [0.05, 0.1) is 21.3 Å². The van der Waals surface area contributed by atoms with Crippen molar-refractivity contribution in [2.24, 2.45) is 10.4 Å². The maximum Gasteiger partial charge on any atom is 0.203 e. The molecule has 26 heavy (non-hydrogen) atoms. The Labute approximate surface area is 173 Å². The first-order valence-electron chi connectivity index (χ1n) is 8.90. The van der Waals surface area contributed by atoms with Gasteiger partial charge < -0.3 is 24.4 Å². The van der Waals surface area contributed by atoms with Crippen molar-refractivity contribution in [1.29, 1.82) is 0 Å². The normalized spacial score (nSPS) is 18.2. The first-order valence-corrected chi connectivity index (χ1v) is 8.90. The van der Waals surface area contributed by atoms with Crippen LogP contribution in [0.1, 0.15) is 31.2 Å². The molecule has 1 saturated carbocycles. The lowest BCUT2D eigenvalue weighted by Crippen LogP contribution is -2.42. The lowest BCUT2D eigenvalue weighted by atomic mass is 9.68. The smallest absolute Gasteiger partial charge is 0.203 e. The summed E-state index contributed by atoms with van der Waals surface area (Å²) < 4.78 is 16.4. The highest BCUT2D eigenvalue weighted by Crippen LogP contribution is 2.48. The molecule has 0 amide bonds. The highest BCUT2D eigenvalue weighted by atomic mass is 127. The van der Waals surface area contributed by atoms with E-state index in [1.165, 1.54) is 25.7 Å². The molecular formula is C19H30IN3O3. The van der Waals surface area contributed by atoms with E-state index in [-0.39, 0.29) is 24.0 Å². The number of rotatable bonds is 5. The van der Waals surface area contributed by atoms with Crippen LogP contribution in [0.2, 0.25) is 0 Å². The van der Waals surface area contributed by atoms with Gasteiger partial charge in [-0.15, -0.1) is 24.0 Å². The first kappa shape index (κ1) is 20.9. The molecule has 1 saturated heterocycles. The molecule has 0 unspecified atom stereocenters. The van der Waals surface area contributed by atoms with Gasteiger partial charge in [0.15, 0.2) is 17.5 Å². The van der Waals surface area contributed by atoms with Crippen molar-refractivity contribution in [1.82, 2.24) is 10.2 Å². The van der Waals surface area contributed by atoms with Crippen LogP contribution in [0, 0.1) is 5.41 Å². The van der Waals surface area contributed by atoms with Gasteiger partial charge in [-0.2, -0.15) is 0 Å². The predicted octanol–water partition coefficient (Wildman–Crippen LogP) is 3.28. The molecule has 1 aromatic carbocycles. The van der Waals surface area contributed by atoms with Gasteiger partial charge in [0.1, 0.15) is 0 Å². The van der Waals surface area contributed by atoms with Crippen molar-refractivity contribution in [3.05, 3.63) is 17.7 Å². The Morgan fingerprint density at radius 1 is 1.12 bits per heavy atom. The van der Waals surface area contributed by atoms with Crippen LogP contribution in [0.25, 0.3) is 0 Å². The quantitative estimate of drug-likeness (QED) is 0.403. The molecular weight excluding hydrogens is 445 g/mol. The molecule has 1 aliphatic heterocycles. The molecule has 1 aliphatic carbocycles. The van der Waals surface area contributed by atoms with Gasteiger partial charge in [-0.1, -0.05) is 6.42 Å². The Bertz CT molecular complexity index is 647. The molecule has 2 fully saturated rings. The highest BCUT2D eigenvalue weighted by molar-refractivity contribution is 14.0. The highest BCUT2D eigenvalue weighted by Gasteiger charge is 2.43. The van der Waals surface area contributed by atoms with E-state index in [9.17, 15) is 0 Å². The van der Waals surface area contributed by atoms with E-state index in [0.29, 0.717) is 29.2 Å². The summed E-state index contributed by atoms with van der Waals surface area (Å²) in [6, 6.07) is 3.90. The third-order valence-electron chi connectivity index (χ3n) is 5.59. The van der Waals surface area contributed by atoms with E-state index in [1.54, 1.807) is 21.3 Å². The van der Waals surface area contributed by atoms with Gasteiger partial charge in [0.25, 0.3) is 0 Å². The molecule has 0 atom stereocenters. The van der Waals surface area contributed by atoms with Crippen LogP contribution in [0.3, 0.4) is 0 Å². The van der Waals surface area contributed by atoms with Gasteiger partial charge in [-0.25, -0.2) is 0 Å². The maximum absolute atomic E-state index is 5.56. The van der Waals surface area contributed by atoms with Gasteiger partial charge in [0, 0.05) is 32.2 Å². The Kier molecular flexibility index (Phi) is 7.25. The van der Waals surface area contributed by atoms with Crippen LogP contribution >= 0.6 is 24.0 Å². The van der Waals surface area contributed by atoms with E-state index >= 15 is 0 Å². The van der Waals surface area contributed by atoms with Crippen molar-refractivity contribution in [2.75, 3.05) is 41.5 Å². The predicted molar refractivity (Wildman–Crippen MR) is 114 cm³/mol. The molecule has 0 bridgehead atoms. The molecule has 1 N–H and O–H groups in total. The van der Waals surface area contributed by atoms with E-state index in [2.05, 4.69) is 15.2 Å². The van der Waals surface area contributed by atoms with Crippen LogP contribution in [0.15, 0.2) is 17.1 Å². The van der Waals surface area contributed by atoms with Crippen molar-refractivity contribution in [2.45, 2.75) is 32.2 Å². The summed E-state index contributed by atoms with van der Waals surface area (Å²) in [5.74, 6) is 2.94. The molecule has 7 heteroatoms. The zero-order valence-corrected chi connectivity index (χ0v) is 18.5. The summed E-state index contributed by atoms with van der Waals surface area (Å²) in [6.07, 6.45) is 5.39. The summed E-state index contributed by atoms with van der Waals surface area (Å²) in [5.41, 5.74) is 1.57. The van der Waals surface area contributed by atoms with E-state index in [0.717, 1.165) is 24.6 Å². The largest absolute Gasteiger partial charge is 0.493 e. The number of nitrogens with one attached hydrogen (secondary N) is 1. The van der Waals surface area contributed by atoms with Crippen LogP contribution in [-0.4, -0.2) is 52.3 Å². The number of guanidine groups is 1. The second-order valence-corrected chi connectivity index (χ2v) is 6.92. The number of halogens is 1. The first-order chi connectivity index (χ1) is 12.2. The molecule has 2 aliphatic rings. The van der Waals surface area contributed by atoms with Crippen molar-refractivity contribution in [3.63, 3.8) is 0 Å². The van der Waals surface area contributed by atoms with Gasteiger partial charge in [-0.3, -0.25) is 4.99 Å². The summed E-state index contributed by atoms with van der Waals surface area (Å²) in [6.45, 7) is 2.83. The third-order valence-corrected chi connectivity index (χ3v) is 5.59. The monoisotopic (exact) mass is 475 g/mol. The average Bonchev–Trinajstić information content (AvgIpc) is 3.07. The minimum Gasteiger partial charge on any atom is -0.493 e. The van der Waals surface area contributed by atoms with Crippen LogP contribution in [0.5, 0.6) is 17.2 Å². The number of aliphatic imine (C=N–C) groups is 1. The fraction of sp³-hybridized carbons (Fsp3) is 0.632. The Hall–Kier alpha value is -1.38. The van der Waals surface area contributed by atoms with Crippen molar-refractivity contribution >= 4 is 29.9 Å². The summed E-state index contributed by atoms with van der Waals surface area (Å²) >= 11 is 0. The number of benzene rings is 1. The van der Waals surface area contributed by atoms with Crippen molar-refractivity contribution in [3.8, 4) is 17.2 Å². The Morgan fingerprint density at radius 2 is 1.85 bits per heavy atom. The molecule has 0 aromatic heterocycles. The number of hydrogen-bond acceptors (Lipinski definition) is 4. The number of likely N-dealkylation sites (tertiary alicyclic amines) is 1. The number of methoxy groups -OCH3 is 3. The van der Waals surface area contributed by atoms with Crippen LogP contribution in [0.4, 0.5) is 0 Å². The summed E-state index contributed by atoms with van der Waals surface area (Å²) in [5, 5.41) is 3.48. The van der Waals surface area contributed by atoms with Crippen LogP contribution < -0.4 is 19.5 Å². The molecule has 6 nitrogen and oxygen atoms in total. The zero-order valence-electron chi connectivity index (χ0n) is 16.1.